The number of rotatable bonds is 3. The van der Waals surface area contributed by atoms with Crippen LogP contribution in [0.15, 0.2) is 42.6 Å². The highest BCUT2D eigenvalue weighted by molar-refractivity contribution is 5.85. The van der Waals surface area contributed by atoms with Crippen LogP contribution in [0.2, 0.25) is 0 Å². The van der Waals surface area contributed by atoms with Gasteiger partial charge in [-0.05, 0) is 19.9 Å². The molecule has 4 aromatic rings. The standard InChI is InChI=1S/C23H25N7O2/c1-23(2)21-24-18-19(28-10-13-31-14-11-28)25-22(26-20(18)29(21)12-15-32-23)30-9-8-17(27-30)16-6-4-3-5-7-16/h3-9H,10-15H2,1-2H3. The van der Waals surface area contributed by atoms with E-state index in [9.17, 15) is 0 Å². The van der Waals surface area contributed by atoms with E-state index in [-0.39, 0.29) is 0 Å². The lowest BCUT2D eigenvalue weighted by Gasteiger charge is -2.30. The molecule has 0 amide bonds. The van der Waals surface area contributed by atoms with Gasteiger partial charge in [0.05, 0.1) is 25.5 Å². The number of hydrogen-bond donors (Lipinski definition) is 0. The van der Waals surface area contributed by atoms with Crippen LogP contribution in [0.25, 0.3) is 28.4 Å². The molecule has 0 aliphatic carbocycles. The molecule has 0 bridgehead atoms. The number of aromatic nitrogens is 6. The molecule has 1 saturated heterocycles. The van der Waals surface area contributed by atoms with Crippen LogP contribution in [0, 0.1) is 0 Å². The number of benzene rings is 1. The molecule has 1 aromatic carbocycles. The fraction of sp³-hybridized carbons (Fsp3) is 0.391. The van der Waals surface area contributed by atoms with E-state index in [1.165, 1.54) is 0 Å². The molecule has 32 heavy (non-hydrogen) atoms. The van der Waals surface area contributed by atoms with Crippen LogP contribution in [0.3, 0.4) is 0 Å². The van der Waals surface area contributed by atoms with Gasteiger partial charge in [-0.15, -0.1) is 0 Å². The fourth-order valence-corrected chi connectivity index (χ4v) is 4.40. The third-order valence-electron chi connectivity index (χ3n) is 6.05. The molecule has 2 aliphatic heterocycles. The third-order valence-corrected chi connectivity index (χ3v) is 6.05. The number of hydrogen-bond acceptors (Lipinski definition) is 7. The molecule has 0 N–H and O–H groups in total. The van der Waals surface area contributed by atoms with Gasteiger partial charge in [0.2, 0.25) is 0 Å². The summed E-state index contributed by atoms with van der Waals surface area (Å²) in [6, 6.07) is 12.1. The molecule has 3 aromatic heterocycles. The number of fused-ring (bicyclic) bond motifs is 3. The minimum atomic E-state index is -0.479. The van der Waals surface area contributed by atoms with Crippen LogP contribution in [0.4, 0.5) is 5.82 Å². The van der Waals surface area contributed by atoms with E-state index >= 15 is 0 Å². The molecule has 0 spiro atoms. The van der Waals surface area contributed by atoms with Crippen molar-refractivity contribution in [3.63, 3.8) is 0 Å². The molecule has 5 heterocycles. The average Bonchev–Trinajstić information content (AvgIpc) is 3.46. The summed E-state index contributed by atoms with van der Waals surface area (Å²) in [5.41, 5.74) is 3.08. The van der Waals surface area contributed by atoms with Gasteiger partial charge in [0.1, 0.15) is 11.4 Å². The van der Waals surface area contributed by atoms with Gasteiger partial charge in [-0.2, -0.15) is 15.1 Å². The molecule has 6 rings (SSSR count). The lowest BCUT2D eigenvalue weighted by molar-refractivity contribution is -0.0530. The molecule has 2 aliphatic rings. The first-order valence-corrected chi connectivity index (χ1v) is 11.0. The lowest BCUT2D eigenvalue weighted by atomic mass is 10.1. The van der Waals surface area contributed by atoms with Gasteiger partial charge in [-0.3, -0.25) is 0 Å². The van der Waals surface area contributed by atoms with Gasteiger partial charge in [0.15, 0.2) is 17.0 Å². The van der Waals surface area contributed by atoms with Crippen molar-refractivity contribution in [1.82, 2.24) is 29.3 Å². The Kier molecular flexibility index (Phi) is 4.48. The van der Waals surface area contributed by atoms with Crippen molar-refractivity contribution in [1.29, 1.82) is 0 Å². The molecule has 0 radical (unpaired) electrons. The maximum atomic E-state index is 5.99. The molecule has 0 unspecified atom stereocenters. The topological polar surface area (TPSA) is 83.1 Å². The Morgan fingerprint density at radius 1 is 0.906 bits per heavy atom. The van der Waals surface area contributed by atoms with Crippen LogP contribution in [-0.2, 0) is 21.6 Å². The van der Waals surface area contributed by atoms with Crippen molar-refractivity contribution >= 4 is 17.0 Å². The highest BCUT2D eigenvalue weighted by atomic mass is 16.5. The first kappa shape index (κ1) is 19.4. The summed E-state index contributed by atoms with van der Waals surface area (Å²) in [7, 11) is 0. The summed E-state index contributed by atoms with van der Waals surface area (Å²) in [6.45, 7) is 8.30. The Morgan fingerprint density at radius 2 is 1.72 bits per heavy atom. The van der Waals surface area contributed by atoms with Crippen LogP contribution in [0.5, 0.6) is 0 Å². The molecule has 9 nitrogen and oxygen atoms in total. The number of morpholine rings is 1. The molecular formula is C23H25N7O2. The highest BCUT2D eigenvalue weighted by Gasteiger charge is 2.34. The Bertz CT molecular complexity index is 1270. The van der Waals surface area contributed by atoms with Gasteiger partial charge >= 0.3 is 0 Å². The predicted molar refractivity (Wildman–Crippen MR) is 120 cm³/mol. The number of nitrogens with zero attached hydrogens (tertiary/aromatic N) is 7. The highest BCUT2D eigenvalue weighted by Crippen LogP contribution is 2.34. The summed E-state index contributed by atoms with van der Waals surface area (Å²) in [4.78, 5) is 17.1. The van der Waals surface area contributed by atoms with Gasteiger partial charge < -0.3 is 18.9 Å². The second-order valence-corrected chi connectivity index (χ2v) is 8.58. The van der Waals surface area contributed by atoms with Gasteiger partial charge in [0, 0.05) is 31.4 Å². The maximum absolute atomic E-state index is 5.99. The minimum absolute atomic E-state index is 0.479. The number of imidazole rings is 1. The Morgan fingerprint density at radius 3 is 2.53 bits per heavy atom. The van der Waals surface area contributed by atoms with Crippen LogP contribution in [0.1, 0.15) is 19.7 Å². The largest absolute Gasteiger partial charge is 0.378 e. The van der Waals surface area contributed by atoms with Gasteiger partial charge in [-0.25, -0.2) is 9.67 Å². The quantitative estimate of drug-likeness (QED) is 0.493. The minimum Gasteiger partial charge on any atom is -0.378 e. The van der Waals surface area contributed by atoms with E-state index in [1.54, 1.807) is 4.68 Å². The van der Waals surface area contributed by atoms with E-state index in [4.69, 9.17) is 29.5 Å². The first-order chi connectivity index (χ1) is 15.6. The SMILES string of the molecule is CC1(C)OCCn2c1nc1c(N3CCOCC3)nc(-n3ccc(-c4ccccc4)n3)nc12. The molecular weight excluding hydrogens is 406 g/mol. The van der Waals surface area contributed by atoms with Crippen molar-refractivity contribution < 1.29 is 9.47 Å². The molecule has 1 fully saturated rings. The zero-order valence-corrected chi connectivity index (χ0v) is 18.2. The van der Waals surface area contributed by atoms with Crippen LogP contribution in [-0.4, -0.2) is 62.2 Å². The van der Waals surface area contributed by atoms with Crippen molar-refractivity contribution in [3.05, 3.63) is 48.4 Å². The van der Waals surface area contributed by atoms with Crippen molar-refractivity contribution in [2.45, 2.75) is 26.0 Å². The van der Waals surface area contributed by atoms with Crippen molar-refractivity contribution in [2.24, 2.45) is 0 Å². The fourth-order valence-electron chi connectivity index (χ4n) is 4.40. The molecule has 0 atom stereocenters. The van der Waals surface area contributed by atoms with Crippen molar-refractivity contribution in [3.8, 4) is 17.2 Å². The number of ether oxygens (including phenoxy) is 2. The summed E-state index contributed by atoms with van der Waals surface area (Å²) in [5.74, 6) is 2.24. The van der Waals surface area contributed by atoms with Gasteiger partial charge in [0.25, 0.3) is 5.95 Å². The van der Waals surface area contributed by atoms with Crippen LogP contribution >= 0.6 is 0 Å². The van der Waals surface area contributed by atoms with Crippen molar-refractivity contribution in [2.75, 3.05) is 37.8 Å². The Labute approximate surface area is 185 Å². The maximum Gasteiger partial charge on any atom is 0.254 e. The lowest BCUT2D eigenvalue weighted by Crippen LogP contribution is -2.37. The summed E-state index contributed by atoms with van der Waals surface area (Å²) in [6.07, 6.45) is 1.91. The zero-order chi connectivity index (χ0) is 21.7. The molecule has 164 valence electrons. The normalized spacial score (nSPS) is 18.1. The van der Waals surface area contributed by atoms with E-state index in [0.29, 0.717) is 32.3 Å². The van der Waals surface area contributed by atoms with E-state index in [0.717, 1.165) is 47.2 Å². The van der Waals surface area contributed by atoms with E-state index in [2.05, 4.69) is 9.47 Å². The van der Waals surface area contributed by atoms with E-state index < -0.39 is 5.60 Å². The second kappa shape index (κ2) is 7.39. The summed E-state index contributed by atoms with van der Waals surface area (Å²) in [5, 5.41) is 4.76. The second-order valence-electron chi connectivity index (χ2n) is 8.58. The van der Waals surface area contributed by atoms with E-state index in [1.807, 2.05) is 56.4 Å². The average molecular weight is 432 g/mol. The zero-order valence-electron chi connectivity index (χ0n) is 18.2. The predicted octanol–water partition coefficient (Wildman–Crippen LogP) is 2.78. The first-order valence-electron chi connectivity index (χ1n) is 11.0. The summed E-state index contributed by atoms with van der Waals surface area (Å²) < 4.78 is 15.5. The Hall–Kier alpha value is -3.30. The number of anilines is 1. The molecule has 9 heteroatoms. The Balaban J connectivity index is 1.52. The van der Waals surface area contributed by atoms with Gasteiger partial charge in [-0.1, -0.05) is 30.3 Å². The molecule has 0 saturated carbocycles. The third kappa shape index (κ3) is 3.16. The smallest absolute Gasteiger partial charge is 0.254 e. The monoisotopic (exact) mass is 431 g/mol. The van der Waals surface area contributed by atoms with Crippen LogP contribution < -0.4 is 4.90 Å². The summed E-state index contributed by atoms with van der Waals surface area (Å²) >= 11 is 0.